The van der Waals surface area contributed by atoms with E-state index in [2.05, 4.69) is 27.3 Å². The quantitative estimate of drug-likeness (QED) is 0.0913. The molecule has 3 unspecified atom stereocenters. The van der Waals surface area contributed by atoms with Gasteiger partial charge in [0.15, 0.2) is 0 Å². The Hall–Kier alpha value is -2.50. The number of ether oxygens (including phenoxy) is 1. The maximum atomic E-state index is 12.5. The van der Waals surface area contributed by atoms with E-state index in [0.29, 0.717) is 6.54 Å². The number of carbonyl (C=O) groups excluding carboxylic acids is 1. The van der Waals surface area contributed by atoms with Crippen LogP contribution >= 0.6 is 0 Å². The van der Waals surface area contributed by atoms with E-state index in [1.807, 2.05) is 0 Å². The molecule has 1 aromatic rings. The van der Waals surface area contributed by atoms with Crippen LogP contribution in [0.3, 0.4) is 0 Å². The van der Waals surface area contributed by atoms with Crippen molar-refractivity contribution in [3.63, 3.8) is 0 Å². The number of rotatable bonds is 16. The lowest BCUT2D eigenvalue weighted by atomic mass is 10.0. The van der Waals surface area contributed by atoms with Gasteiger partial charge in [-0.3, -0.25) is 14.3 Å². The number of nitrogens with two attached hydrogens (primary N) is 1. The van der Waals surface area contributed by atoms with E-state index in [4.69, 9.17) is 16.0 Å². The smallest absolute Gasteiger partial charge is 0.330 e. The van der Waals surface area contributed by atoms with Gasteiger partial charge in [0.25, 0.3) is 5.56 Å². The summed E-state index contributed by atoms with van der Waals surface area (Å²) in [5.74, 6) is 0. The van der Waals surface area contributed by atoms with E-state index < -0.39 is 35.7 Å². The summed E-state index contributed by atoms with van der Waals surface area (Å²) in [4.78, 5) is 41.3. The Balaban J connectivity index is 2.05. The van der Waals surface area contributed by atoms with Crippen LogP contribution in [0, 0.1) is 0 Å². The van der Waals surface area contributed by atoms with Crippen molar-refractivity contribution in [1.29, 1.82) is 0 Å². The van der Waals surface area contributed by atoms with Gasteiger partial charge in [0.2, 0.25) is 0 Å². The molecule has 0 aliphatic carbocycles. The van der Waals surface area contributed by atoms with Gasteiger partial charge in [0.05, 0.1) is 24.3 Å². The molecule has 0 aromatic carbocycles. The summed E-state index contributed by atoms with van der Waals surface area (Å²) >= 11 is 0. The third-order valence-corrected chi connectivity index (χ3v) is 6.17. The van der Waals surface area contributed by atoms with Gasteiger partial charge in [-0.15, -0.1) is 0 Å². The summed E-state index contributed by atoms with van der Waals surface area (Å²) in [6.07, 6.45) is 8.07. The van der Waals surface area contributed by atoms with Gasteiger partial charge in [-0.1, -0.05) is 37.7 Å². The van der Waals surface area contributed by atoms with E-state index in [-0.39, 0.29) is 31.1 Å². The Morgan fingerprint density at radius 1 is 1.38 bits per heavy atom. The third-order valence-electron chi connectivity index (χ3n) is 6.17. The number of H-pyrrole nitrogens is 1. The molecule has 34 heavy (non-hydrogen) atoms. The van der Waals surface area contributed by atoms with Crippen molar-refractivity contribution in [2.24, 2.45) is 10.8 Å². The van der Waals surface area contributed by atoms with Crippen molar-refractivity contribution in [1.82, 2.24) is 14.9 Å². The molecule has 0 radical (unpaired) electrons. The lowest BCUT2D eigenvalue weighted by Gasteiger charge is -2.20. The van der Waals surface area contributed by atoms with Gasteiger partial charge in [0.1, 0.15) is 12.5 Å². The highest BCUT2D eigenvalue weighted by Gasteiger charge is 2.36. The lowest BCUT2D eigenvalue weighted by molar-refractivity contribution is -0.108. The number of nitrogens with one attached hydrogen (secondary N) is 2. The predicted octanol–water partition coefficient (Wildman–Crippen LogP) is 1.79. The van der Waals surface area contributed by atoms with Crippen LogP contribution in [0.1, 0.15) is 82.5 Å². The third kappa shape index (κ3) is 8.07. The topological polar surface area (TPSA) is 188 Å². The van der Waals surface area contributed by atoms with Crippen LogP contribution in [0.25, 0.3) is 10.4 Å². The lowest BCUT2D eigenvalue weighted by Crippen LogP contribution is -2.37. The highest BCUT2D eigenvalue weighted by atomic mass is 16.5. The molecule has 12 nitrogen and oxygen atoms in total. The van der Waals surface area contributed by atoms with E-state index in [1.165, 1.54) is 30.0 Å². The van der Waals surface area contributed by atoms with Gasteiger partial charge < -0.3 is 25.7 Å². The molecule has 2 rings (SSSR count). The molecule has 0 saturated carbocycles. The minimum atomic E-state index is -0.821. The SMILES string of the molecule is CCCCCCC(N)CCCNC(CC=O)c1cn([C@H]2CC(N=[N+]=[N-])[C@@H](CO)O2)c(=O)[nH]c1=O. The van der Waals surface area contributed by atoms with Gasteiger partial charge >= 0.3 is 5.69 Å². The van der Waals surface area contributed by atoms with Crippen LogP contribution in [0.15, 0.2) is 20.9 Å². The summed E-state index contributed by atoms with van der Waals surface area (Å²) in [5.41, 5.74) is 13.9. The standard InChI is InChI=1S/C22H37N7O5/c1-2-3-4-5-7-15(23)8-6-10-25-17(9-11-30)16-13-29(22(33)26-21(16)32)20-12-18(27-28-24)19(14-31)34-20/h11,13,15,17-20,25,31H,2-10,12,14,23H2,1H3,(H,26,32,33)/t15?,17?,18?,19-,20-/m1/s1. The Kier molecular flexibility index (Phi) is 12.0. The van der Waals surface area contributed by atoms with Crippen molar-refractivity contribution >= 4 is 6.29 Å². The number of nitrogens with zero attached hydrogens (tertiary/aromatic N) is 4. The number of azide groups is 1. The molecular weight excluding hydrogens is 442 g/mol. The number of hydrogen-bond donors (Lipinski definition) is 4. The summed E-state index contributed by atoms with van der Waals surface area (Å²) in [7, 11) is 0. The summed E-state index contributed by atoms with van der Waals surface area (Å²) in [6.45, 7) is 2.36. The number of aldehydes is 1. The number of aromatic amines is 1. The normalized spacial score (nSPS) is 21.7. The first-order valence-corrected chi connectivity index (χ1v) is 12.0. The van der Waals surface area contributed by atoms with Crippen molar-refractivity contribution in [2.45, 2.75) is 95.2 Å². The Labute approximate surface area is 198 Å². The zero-order valence-corrected chi connectivity index (χ0v) is 19.8. The largest absolute Gasteiger partial charge is 0.394 e. The van der Waals surface area contributed by atoms with Crippen LogP contribution < -0.4 is 22.3 Å². The maximum Gasteiger partial charge on any atom is 0.330 e. The number of aromatic nitrogens is 2. The second kappa shape index (κ2) is 14.7. The number of hydrogen-bond acceptors (Lipinski definition) is 8. The molecular formula is C22H37N7O5. The van der Waals surface area contributed by atoms with Crippen molar-refractivity contribution < 1.29 is 14.6 Å². The molecule has 5 N–H and O–H groups in total. The van der Waals surface area contributed by atoms with Crippen LogP contribution in [0.5, 0.6) is 0 Å². The molecule has 0 bridgehead atoms. The Morgan fingerprint density at radius 3 is 2.82 bits per heavy atom. The molecule has 5 atom stereocenters. The predicted molar refractivity (Wildman–Crippen MR) is 127 cm³/mol. The number of carbonyl (C=O) groups is 1. The average Bonchev–Trinajstić information content (AvgIpc) is 3.22. The second-order valence-electron chi connectivity index (χ2n) is 8.73. The summed E-state index contributed by atoms with van der Waals surface area (Å²) < 4.78 is 6.88. The Bertz CT molecular complexity index is 927. The van der Waals surface area contributed by atoms with Gasteiger partial charge in [-0.2, -0.15) is 0 Å². The first-order valence-electron chi connectivity index (χ1n) is 12.0. The van der Waals surface area contributed by atoms with E-state index in [1.54, 1.807) is 0 Å². The molecule has 1 fully saturated rings. The van der Waals surface area contributed by atoms with Crippen LogP contribution in [-0.4, -0.2) is 52.3 Å². The average molecular weight is 480 g/mol. The van der Waals surface area contributed by atoms with Crippen molar-refractivity contribution in [3.05, 3.63) is 43.0 Å². The fourth-order valence-electron chi connectivity index (χ4n) is 4.24. The molecule has 12 heteroatoms. The first-order chi connectivity index (χ1) is 16.4. The van der Waals surface area contributed by atoms with Gasteiger partial charge in [0, 0.05) is 36.0 Å². The number of aliphatic hydroxyl groups excluding tert-OH is 1. The molecule has 1 aliphatic heterocycles. The number of aliphatic hydroxyl groups is 1. The Morgan fingerprint density at radius 2 is 2.15 bits per heavy atom. The molecule has 1 aliphatic rings. The molecule has 1 saturated heterocycles. The monoisotopic (exact) mass is 479 g/mol. The molecule has 190 valence electrons. The molecule has 1 aromatic heterocycles. The van der Waals surface area contributed by atoms with Crippen molar-refractivity contribution in [3.8, 4) is 0 Å². The number of unbranched alkanes of at least 4 members (excludes halogenated alkanes) is 3. The maximum absolute atomic E-state index is 12.5. The van der Waals surface area contributed by atoms with E-state index in [9.17, 15) is 19.5 Å². The van der Waals surface area contributed by atoms with Crippen LogP contribution in [-0.2, 0) is 9.53 Å². The van der Waals surface area contributed by atoms with E-state index in [0.717, 1.165) is 32.0 Å². The molecule has 2 heterocycles. The highest BCUT2D eigenvalue weighted by molar-refractivity contribution is 5.51. The fraction of sp³-hybridized carbons (Fsp3) is 0.773. The van der Waals surface area contributed by atoms with Gasteiger partial charge in [-0.05, 0) is 31.3 Å². The molecule has 0 spiro atoms. The fourth-order valence-corrected chi connectivity index (χ4v) is 4.24. The summed E-state index contributed by atoms with van der Waals surface area (Å²) in [5, 5.41) is 16.3. The minimum absolute atomic E-state index is 0.0521. The zero-order valence-electron chi connectivity index (χ0n) is 19.8. The highest BCUT2D eigenvalue weighted by Crippen LogP contribution is 2.30. The minimum Gasteiger partial charge on any atom is -0.394 e. The van der Waals surface area contributed by atoms with Gasteiger partial charge in [-0.25, -0.2) is 4.79 Å². The van der Waals surface area contributed by atoms with E-state index >= 15 is 0 Å². The second-order valence-corrected chi connectivity index (χ2v) is 8.73. The zero-order chi connectivity index (χ0) is 24.9. The van der Waals surface area contributed by atoms with Crippen molar-refractivity contribution in [2.75, 3.05) is 13.2 Å². The van der Waals surface area contributed by atoms with Crippen LogP contribution in [0.4, 0.5) is 0 Å². The summed E-state index contributed by atoms with van der Waals surface area (Å²) in [6, 6.07) is -1.11. The first kappa shape index (κ1) is 27.7. The van der Waals surface area contributed by atoms with Crippen LogP contribution in [0.2, 0.25) is 0 Å². The molecule has 0 amide bonds.